The molecule has 30 nitrogen and oxygen atoms in total. The zero-order chi connectivity index (χ0) is 101. The summed E-state index contributed by atoms with van der Waals surface area (Å²) in [6.07, 6.45) is -14.1. The van der Waals surface area contributed by atoms with Gasteiger partial charge in [0.1, 0.15) is 66.1 Å². The van der Waals surface area contributed by atoms with Crippen molar-refractivity contribution in [3.63, 3.8) is 0 Å². The Morgan fingerprint density at radius 2 is 0.259 bits per heavy atom. The highest BCUT2D eigenvalue weighted by atomic mass is 16.6. The van der Waals surface area contributed by atoms with Crippen molar-refractivity contribution in [2.45, 2.75) is 227 Å². The van der Waals surface area contributed by atoms with Gasteiger partial charge in [-0.05, 0) is 268 Å². The van der Waals surface area contributed by atoms with E-state index < -0.39 is 275 Å². The summed E-state index contributed by atoms with van der Waals surface area (Å²) in [5, 5.41) is 109. The van der Waals surface area contributed by atoms with Crippen LogP contribution in [0.1, 0.15) is 245 Å². The van der Waals surface area contributed by atoms with E-state index in [1.165, 1.54) is 60.7 Å². The van der Waals surface area contributed by atoms with Gasteiger partial charge in [-0.15, -0.1) is 0 Å². The van der Waals surface area contributed by atoms with E-state index in [0.717, 1.165) is 0 Å². The number of ether oxygens (including phenoxy) is 10. The topological polar surface area (TPSA) is 465 Å². The Morgan fingerprint density at radius 3 is 0.326 bits per heavy atom. The maximum Gasteiger partial charge on any atom is 0.338 e. The molecule has 0 heterocycles. The van der Waals surface area contributed by atoms with E-state index in [1.54, 1.807) is 69.2 Å². The third kappa shape index (κ3) is 30.9. The average Bonchev–Trinajstić information content (AvgIpc) is 1.32. The summed E-state index contributed by atoms with van der Waals surface area (Å²) in [5.74, 6) is -11.5. The zero-order valence-corrected chi connectivity index (χ0v) is 78.9. The van der Waals surface area contributed by atoms with E-state index in [4.69, 9.17) is 47.4 Å². The molecule has 0 saturated heterocycles. The molecule has 0 aromatic heterocycles. The van der Waals surface area contributed by atoms with Gasteiger partial charge in [-0.25, -0.2) is 47.9 Å². The SMILES string of the molecule is C=C(C(=O)OCC(O)CC)c1cc2c(C(=C)C(=O)OCC(O)CC)cc1Cc1cc(C(=C)C(=O)OCC(O)CC)c(cc1C(=C)C(=O)OCC(O)CC)Cc1cc(C(=C)C(=O)OCC(O)CC)c(cc1C(=C)C(=O)OCC(O)CC)Cc1cc(C(=C)C(=O)OCC(O)CC)c(cc1C(=C)C(=O)OCC(O)CC)Cc1cc(C(=C)C(=O)OCC(O)CC)c(cc1C(=C)C(=O)OCC(O)CC)C2. The molecule has 730 valence electrons. The summed E-state index contributed by atoms with van der Waals surface area (Å²) in [6, 6.07) is 13.8. The first kappa shape index (κ1) is 112. The standard InChI is InChI=1S/C105H130O30/c1-21-76(106)46-126-96(116)56(11)86-36-67-32-69-39-91(61(16)101(121)131-51-81(111)26-6)71(41-90(69)60(15)100(120)130-50-80(110)25-5)34-73-43-95(65(20)105(125)135-55-85(115)30-10)75(45-94(73)64(19)104(124)134-54-84(114)29-9)35-74-44-92(62(17)102(122)132-52-82(112)27-7)72(42-93(74)63(18)103(123)133-53-83(113)28-8)33-70-40-88(58(13)98(118)128-48-78(108)23-3)68(38-89(70)59(14)99(119)129-49-79(109)24-4)31-66(86)37-87(67)57(12)97(117)127-47-77(107)22-2/h36-45,76-85,106-115H,11-35,46-55H2,1-10H3. The molecule has 0 spiro atoms. The summed E-state index contributed by atoms with van der Waals surface area (Å²) in [4.78, 5) is 151. The first-order valence-electron chi connectivity index (χ1n) is 45.1. The Labute approximate surface area is 788 Å². The van der Waals surface area contributed by atoms with E-state index in [9.17, 15) is 51.1 Å². The molecule has 0 radical (unpaired) electrons. The molecule has 5 aromatic rings. The van der Waals surface area contributed by atoms with Gasteiger partial charge in [-0.3, -0.25) is 0 Å². The molecule has 0 saturated carbocycles. The number of rotatable bonds is 50. The highest BCUT2D eigenvalue weighted by Gasteiger charge is 2.35. The molecule has 135 heavy (non-hydrogen) atoms. The fraction of sp³-hybridized carbons (Fsp3) is 0.429. The van der Waals surface area contributed by atoms with Gasteiger partial charge in [0.15, 0.2) is 0 Å². The number of benzene rings is 5. The largest absolute Gasteiger partial charge is 0.459 e. The van der Waals surface area contributed by atoms with Crippen LogP contribution in [0.15, 0.2) is 126 Å². The fourth-order valence-electron chi connectivity index (χ4n) is 13.6. The first-order valence-corrected chi connectivity index (χ1v) is 45.1. The van der Waals surface area contributed by atoms with Crippen molar-refractivity contribution in [2.24, 2.45) is 0 Å². The van der Waals surface area contributed by atoms with Crippen molar-refractivity contribution in [1.29, 1.82) is 0 Å². The van der Waals surface area contributed by atoms with Crippen molar-refractivity contribution in [1.82, 2.24) is 0 Å². The third-order valence-electron chi connectivity index (χ3n) is 23.0. The number of hydrogen-bond donors (Lipinski definition) is 10. The lowest BCUT2D eigenvalue weighted by Crippen LogP contribution is -2.21. The van der Waals surface area contributed by atoms with Crippen LogP contribution in [0.3, 0.4) is 0 Å². The van der Waals surface area contributed by atoms with Gasteiger partial charge in [0.2, 0.25) is 0 Å². The molecule has 10 atom stereocenters. The molecule has 15 rings (SSSR count). The number of hydrogen-bond acceptors (Lipinski definition) is 30. The Hall–Kier alpha value is -12.2. The minimum absolute atomic E-state index is 0.0179. The van der Waals surface area contributed by atoms with E-state index in [2.05, 4.69) is 65.8 Å². The molecule has 5 aromatic carbocycles. The Morgan fingerprint density at radius 1 is 0.185 bits per heavy atom. The Kier molecular flexibility index (Phi) is 43.9. The molecular weight excluding hydrogens is 1740 g/mol. The van der Waals surface area contributed by atoms with Crippen LogP contribution in [0.2, 0.25) is 0 Å². The van der Waals surface area contributed by atoms with Crippen LogP contribution in [0, 0.1) is 0 Å². The van der Waals surface area contributed by atoms with Gasteiger partial charge in [-0.1, -0.05) is 135 Å². The van der Waals surface area contributed by atoms with Crippen LogP contribution in [0.4, 0.5) is 0 Å². The maximum absolute atomic E-state index is 15.1. The fourth-order valence-corrected chi connectivity index (χ4v) is 13.6. The first-order chi connectivity index (χ1) is 63.9. The lowest BCUT2D eigenvalue weighted by molar-refractivity contribution is -0.140. The minimum Gasteiger partial charge on any atom is -0.459 e. The van der Waals surface area contributed by atoms with Crippen LogP contribution in [-0.4, -0.2) is 238 Å². The maximum atomic E-state index is 15.1. The molecule has 10 aliphatic rings. The minimum atomic E-state index is -1.22. The van der Waals surface area contributed by atoms with Gasteiger partial charge >= 0.3 is 59.7 Å². The lowest BCUT2D eigenvalue weighted by atomic mass is 9.81. The number of aliphatic hydroxyl groups excluding tert-OH is 10. The van der Waals surface area contributed by atoms with Gasteiger partial charge in [0.25, 0.3) is 0 Å². The molecule has 10 unspecified atom stereocenters. The Bertz CT molecular complexity index is 4250. The van der Waals surface area contributed by atoms with Gasteiger partial charge in [0, 0.05) is 0 Å². The molecule has 0 amide bonds. The molecule has 0 fully saturated rings. The summed E-state index contributed by atoms with van der Waals surface area (Å²) in [5.41, 5.74) is -6.24. The molecule has 30 heteroatoms. The van der Waals surface area contributed by atoms with Gasteiger partial charge in [0.05, 0.1) is 117 Å². The molecule has 10 N–H and O–H groups in total. The van der Waals surface area contributed by atoms with Crippen LogP contribution in [0.25, 0.3) is 55.7 Å². The van der Waals surface area contributed by atoms with E-state index in [0.29, 0.717) is 0 Å². The smallest absolute Gasteiger partial charge is 0.338 e. The van der Waals surface area contributed by atoms with Crippen molar-refractivity contribution >= 4 is 115 Å². The number of carbonyl (C=O) groups is 10. The van der Waals surface area contributed by atoms with E-state index in [1.807, 2.05) is 0 Å². The second-order valence-corrected chi connectivity index (χ2v) is 33.1. The van der Waals surface area contributed by atoms with Crippen LogP contribution in [0.5, 0.6) is 0 Å². The van der Waals surface area contributed by atoms with E-state index in [-0.39, 0.29) is 175 Å². The van der Waals surface area contributed by atoms with Crippen molar-refractivity contribution in [2.75, 3.05) is 66.1 Å². The number of aliphatic hydroxyl groups is 10. The number of carbonyl (C=O) groups excluding carboxylic acids is 10. The van der Waals surface area contributed by atoms with Gasteiger partial charge in [-0.2, -0.15) is 0 Å². The average molecular weight is 1870 g/mol. The molecular formula is C105H130O30. The molecule has 10 aliphatic carbocycles. The predicted octanol–water partition coefficient (Wildman–Crippen LogP) is 11.2. The highest BCUT2D eigenvalue weighted by Crippen LogP contribution is 2.43. The summed E-state index contributed by atoms with van der Waals surface area (Å²) in [6.45, 7) is 52.9. The lowest BCUT2D eigenvalue weighted by Gasteiger charge is -2.24. The predicted molar refractivity (Wildman–Crippen MR) is 509 cm³/mol. The van der Waals surface area contributed by atoms with E-state index >= 15 is 47.9 Å². The summed E-state index contributed by atoms with van der Waals surface area (Å²) in [7, 11) is 0. The summed E-state index contributed by atoms with van der Waals surface area (Å²) >= 11 is 0. The quantitative estimate of drug-likeness (QED) is 0.00963. The molecule has 0 aliphatic heterocycles. The second kappa shape index (κ2) is 53.2. The zero-order valence-electron chi connectivity index (χ0n) is 78.9. The second-order valence-electron chi connectivity index (χ2n) is 33.1. The monoisotopic (exact) mass is 1870 g/mol. The van der Waals surface area contributed by atoms with Gasteiger partial charge < -0.3 is 98.4 Å². The van der Waals surface area contributed by atoms with Crippen molar-refractivity contribution in [3.8, 4) is 0 Å². The van der Waals surface area contributed by atoms with Crippen LogP contribution >= 0.6 is 0 Å². The number of esters is 10. The molecule has 10 bridgehead atoms. The van der Waals surface area contributed by atoms with Crippen LogP contribution in [-0.2, 0) is 127 Å². The highest BCUT2D eigenvalue weighted by molar-refractivity contribution is 6.23. The van der Waals surface area contributed by atoms with Crippen molar-refractivity contribution in [3.05, 3.63) is 238 Å². The normalized spacial score (nSPS) is 13.9. The van der Waals surface area contributed by atoms with Crippen LogP contribution < -0.4 is 0 Å². The Balaban J connectivity index is 2.16. The third-order valence-corrected chi connectivity index (χ3v) is 23.0. The van der Waals surface area contributed by atoms with Crippen molar-refractivity contribution < 1.29 is 146 Å². The summed E-state index contributed by atoms with van der Waals surface area (Å²) < 4.78 is 57.6.